The van der Waals surface area contributed by atoms with Crippen LogP contribution < -0.4 is 5.56 Å². The maximum absolute atomic E-state index is 12.5. The zero-order chi connectivity index (χ0) is 15.7. The van der Waals surface area contributed by atoms with Crippen molar-refractivity contribution < 1.29 is 9.90 Å². The van der Waals surface area contributed by atoms with Crippen LogP contribution in [0, 0.1) is 0 Å². The SMILES string of the molecule is CCc1ccc(-n2c(=O)c(C(=O)O)nc3ccccc32)cc1. The van der Waals surface area contributed by atoms with Gasteiger partial charge in [0.1, 0.15) is 0 Å². The molecule has 0 fully saturated rings. The molecule has 0 aliphatic carbocycles. The zero-order valence-electron chi connectivity index (χ0n) is 12.0. The van der Waals surface area contributed by atoms with Crippen LogP contribution in [0.25, 0.3) is 16.7 Å². The summed E-state index contributed by atoms with van der Waals surface area (Å²) in [5.74, 6) is -1.32. The van der Waals surface area contributed by atoms with Crippen molar-refractivity contribution in [3.05, 3.63) is 70.1 Å². The number of fused-ring (bicyclic) bond motifs is 1. The largest absolute Gasteiger partial charge is 0.476 e. The van der Waals surface area contributed by atoms with Crippen LogP contribution in [0.2, 0.25) is 0 Å². The van der Waals surface area contributed by atoms with Gasteiger partial charge in [0, 0.05) is 5.69 Å². The number of carboxylic acid groups (broad SMARTS) is 1. The molecule has 0 amide bonds. The molecule has 3 aromatic rings. The summed E-state index contributed by atoms with van der Waals surface area (Å²) in [7, 11) is 0. The maximum Gasteiger partial charge on any atom is 0.360 e. The predicted octanol–water partition coefficient (Wildman–Crippen LogP) is 2.65. The zero-order valence-corrected chi connectivity index (χ0v) is 12.0. The van der Waals surface area contributed by atoms with Crippen LogP contribution in [-0.2, 0) is 6.42 Å². The van der Waals surface area contributed by atoms with E-state index in [1.54, 1.807) is 24.3 Å². The minimum Gasteiger partial charge on any atom is -0.476 e. The lowest BCUT2D eigenvalue weighted by Crippen LogP contribution is -2.27. The summed E-state index contributed by atoms with van der Waals surface area (Å²) in [5, 5.41) is 9.20. The molecule has 1 N–H and O–H groups in total. The van der Waals surface area contributed by atoms with E-state index in [4.69, 9.17) is 0 Å². The highest BCUT2D eigenvalue weighted by atomic mass is 16.4. The number of rotatable bonds is 3. The Labute approximate surface area is 126 Å². The van der Waals surface area contributed by atoms with Crippen LogP contribution in [0.15, 0.2) is 53.3 Å². The van der Waals surface area contributed by atoms with E-state index in [2.05, 4.69) is 4.98 Å². The van der Waals surface area contributed by atoms with Crippen molar-refractivity contribution in [3.8, 4) is 5.69 Å². The lowest BCUT2D eigenvalue weighted by Gasteiger charge is -2.11. The molecule has 0 spiro atoms. The Balaban J connectivity index is 2.37. The van der Waals surface area contributed by atoms with Crippen molar-refractivity contribution >= 4 is 17.0 Å². The summed E-state index contributed by atoms with van der Waals surface area (Å²) in [6.45, 7) is 2.05. The molecular weight excluding hydrogens is 280 g/mol. The third kappa shape index (κ3) is 2.26. The maximum atomic E-state index is 12.5. The molecule has 0 radical (unpaired) electrons. The van der Waals surface area contributed by atoms with Crippen LogP contribution in [0.1, 0.15) is 23.0 Å². The molecule has 0 aliphatic heterocycles. The molecule has 0 bridgehead atoms. The Morgan fingerprint density at radius 1 is 1.14 bits per heavy atom. The van der Waals surface area contributed by atoms with E-state index in [0.29, 0.717) is 16.7 Å². The average Bonchev–Trinajstić information content (AvgIpc) is 2.54. The molecule has 2 aromatic carbocycles. The van der Waals surface area contributed by atoms with E-state index in [0.717, 1.165) is 12.0 Å². The molecule has 5 heteroatoms. The van der Waals surface area contributed by atoms with Crippen molar-refractivity contribution in [1.82, 2.24) is 9.55 Å². The van der Waals surface area contributed by atoms with Gasteiger partial charge in [-0.3, -0.25) is 9.36 Å². The van der Waals surface area contributed by atoms with Gasteiger partial charge in [-0.15, -0.1) is 0 Å². The summed E-state index contributed by atoms with van der Waals surface area (Å²) in [5.41, 5.74) is 1.73. The quantitative estimate of drug-likeness (QED) is 0.806. The summed E-state index contributed by atoms with van der Waals surface area (Å²) < 4.78 is 1.39. The molecule has 0 atom stereocenters. The molecule has 22 heavy (non-hydrogen) atoms. The number of carbonyl (C=O) groups is 1. The minimum absolute atomic E-state index is 0.471. The Bertz CT molecular complexity index is 911. The fraction of sp³-hybridized carbons (Fsp3) is 0.118. The summed E-state index contributed by atoms with van der Waals surface area (Å²) in [6, 6.07) is 14.5. The van der Waals surface area contributed by atoms with Crippen LogP contribution in [0.4, 0.5) is 0 Å². The Hall–Kier alpha value is -2.95. The predicted molar refractivity (Wildman–Crippen MR) is 83.7 cm³/mol. The lowest BCUT2D eigenvalue weighted by molar-refractivity contribution is 0.0688. The fourth-order valence-corrected chi connectivity index (χ4v) is 2.41. The first-order valence-electron chi connectivity index (χ1n) is 6.96. The van der Waals surface area contributed by atoms with Gasteiger partial charge in [-0.2, -0.15) is 0 Å². The Morgan fingerprint density at radius 2 is 1.82 bits per heavy atom. The molecule has 1 heterocycles. The molecule has 110 valence electrons. The minimum atomic E-state index is -1.32. The van der Waals surface area contributed by atoms with Gasteiger partial charge in [0.25, 0.3) is 5.56 Å². The summed E-state index contributed by atoms with van der Waals surface area (Å²) >= 11 is 0. The van der Waals surface area contributed by atoms with Crippen LogP contribution in [0.3, 0.4) is 0 Å². The highest BCUT2D eigenvalue weighted by molar-refractivity contribution is 5.88. The van der Waals surface area contributed by atoms with Gasteiger partial charge in [0.15, 0.2) is 0 Å². The number of aryl methyl sites for hydroxylation is 1. The van der Waals surface area contributed by atoms with Gasteiger partial charge in [-0.25, -0.2) is 9.78 Å². The smallest absolute Gasteiger partial charge is 0.360 e. The summed E-state index contributed by atoms with van der Waals surface area (Å²) in [4.78, 5) is 27.7. The van der Waals surface area contributed by atoms with Crippen molar-refractivity contribution in [2.24, 2.45) is 0 Å². The van der Waals surface area contributed by atoms with Gasteiger partial charge < -0.3 is 5.11 Å². The summed E-state index contributed by atoms with van der Waals surface area (Å²) in [6.07, 6.45) is 0.895. The normalized spacial score (nSPS) is 10.8. The van der Waals surface area contributed by atoms with Crippen LogP contribution >= 0.6 is 0 Å². The van der Waals surface area contributed by atoms with Gasteiger partial charge in [-0.1, -0.05) is 31.2 Å². The van der Waals surface area contributed by atoms with Crippen molar-refractivity contribution in [2.45, 2.75) is 13.3 Å². The number of hydrogen-bond acceptors (Lipinski definition) is 3. The van der Waals surface area contributed by atoms with Crippen molar-refractivity contribution in [1.29, 1.82) is 0 Å². The first kappa shape index (κ1) is 14.0. The average molecular weight is 294 g/mol. The standard InChI is InChI=1S/C17H14N2O3/c1-2-11-7-9-12(10-8-11)19-14-6-4-3-5-13(14)18-15(16(19)20)17(21)22/h3-10H,2H2,1H3,(H,21,22). The molecule has 3 rings (SSSR count). The number of aromatic nitrogens is 2. The van der Waals surface area contributed by atoms with Crippen molar-refractivity contribution in [2.75, 3.05) is 0 Å². The third-order valence-corrected chi connectivity index (χ3v) is 3.57. The second-order valence-electron chi connectivity index (χ2n) is 4.91. The monoisotopic (exact) mass is 294 g/mol. The number of benzene rings is 2. The Morgan fingerprint density at radius 3 is 2.45 bits per heavy atom. The van der Waals surface area contributed by atoms with Gasteiger partial charge >= 0.3 is 5.97 Å². The van der Waals surface area contributed by atoms with Crippen LogP contribution in [-0.4, -0.2) is 20.6 Å². The molecule has 0 saturated carbocycles. The van der Waals surface area contributed by atoms with E-state index < -0.39 is 17.2 Å². The van der Waals surface area contributed by atoms with E-state index in [1.165, 1.54) is 4.57 Å². The highest BCUT2D eigenvalue weighted by Gasteiger charge is 2.17. The van der Waals surface area contributed by atoms with E-state index in [-0.39, 0.29) is 0 Å². The second-order valence-corrected chi connectivity index (χ2v) is 4.91. The molecule has 1 aromatic heterocycles. The van der Waals surface area contributed by atoms with E-state index in [9.17, 15) is 14.7 Å². The molecule has 5 nitrogen and oxygen atoms in total. The lowest BCUT2D eigenvalue weighted by atomic mass is 10.1. The second kappa shape index (κ2) is 5.44. The topological polar surface area (TPSA) is 72.2 Å². The Kier molecular flexibility index (Phi) is 3.47. The molecule has 0 aliphatic rings. The van der Waals surface area contributed by atoms with Gasteiger partial charge in [-0.05, 0) is 36.2 Å². The third-order valence-electron chi connectivity index (χ3n) is 3.57. The number of hydrogen-bond donors (Lipinski definition) is 1. The van der Waals surface area contributed by atoms with E-state index in [1.807, 2.05) is 31.2 Å². The number of aromatic carboxylic acids is 1. The number of para-hydroxylation sites is 2. The number of carboxylic acids is 1. The number of nitrogens with zero attached hydrogens (tertiary/aromatic N) is 2. The first-order chi connectivity index (χ1) is 10.6. The van der Waals surface area contributed by atoms with E-state index >= 15 is 0 Å². The first-order valence-corrected chi connectivity index (χ1v) is 6.96. The molecular formula is C17H14N2O3. The van der Waals surface area contributed by atoms with Crippen molar-refractivity contribution in [3.63, 3.8) is 0 Å². The molecule has 0 unspecified atom stereocenters. The highest BCUT2D eigenvalue weighted by Crippen LogP contribution is 2.16. The van der Waals surface area contributed by atoms with Gasteiger partial charge in [0.2, 0.25) is 5.69 Å². The van der Waals surface area contributed by atoms with Gasteiger partial charge in [0.05, 0.1) is 11.0 Å². The van der Waals surface area contributed by atoms with Crippen LogP contribution in [0.5, 0.6) is 0 Å². The fourth-order valence-electron chi connectivity index (χ4n) is 2.41. The molecule has 0 saturated heterocycles.